The van der Waals surface area contributed by atoms with Gasteiger partial charge in [0, 0.05) is 6.42 Å². The van der Waals surface area contributed by atoms with Gasteiger partial charge in [0.25, 0.3) is 0 Å². The lowest BCUT2D eigenvalue weighted by atomic mass is 9.98. The normalized spacial score (nSPS) is 12.3. The number of methoxy groups -OCH3 is 1. The molecule has 7 heteroatoms. The summed E-state index contributed by atoms with van der Waals surface area (Å²) in [7, 11) is 1.37. The van der Waals surface area contributed by atoms with Crippen LogP contribution in [0.2, 0.25) is 0 Å². The van der Waals surface area contributed by atoms with Crippen LogP contribution in [0.4, 0.5) is 13.2 Å². The number of halogens is 3. The summed E-state index contributed by atoms with van der Waals surface area (Å²) < 4.78 is 53.2. The SMILES string of the molecule is COC(=O)CC(C)c1ccc(OCCCOc2ccc(C(F)(F)F)cc2)cc1. The fraction of sp³-hybridized carbons (Fsp3) is 0.381. The first kappa shape index (κ1) is 21.6. The number of hydrogen-bond acceptors (Lipinski definition) is 4. The Morgan fingerprint density at radius 1 is 0.929 bits per heavy atom. The van der Waals surface area contributed by atoms with Gasteiger partial charge in [-0.05, 0) is 47.9 Å². The van der Waals surface area contributed by atoms with Crippen molar-refractivity contribution in [3.63, 3.8) is 0 Å². The van der Waals surface area contributed by atoms with Gasteiger partial charge in [-0.2, -0.15) is 13.2 Å². The van der Waals surface area contributed by atoms with Crippen molar-refractivity contribution in [3.05, 3.63) is 59.7 Å². The van der Waals surface area contributed by atoms with Gasteiger partial charge in [-0.3, -0.25) is 4.79 Å². The van der Waals surface area contributed by atoms with Crippen LogP contribution in [0.3, 0.4) is 0 Å². The van der Waals surface area contributed by atoms with Gasteiger partial charge in [0.2, 0.25) is 0 Å². The van der Waals surface area contributed by atoms with E-state index >= 15 is 0 Å². The maximum absolute atomic E-state index is 12.5. The molecular formula is C21H23F3O4. The van der Waals surface area contributed by atoms with Crippen LogP contribution in [0.1, 0.15) is 36.8 Å². The van der Waals surface area contributed by atoms with Gasteiger partial charge in [0.1, 0.15) is 11.5 Å². The highest BCUT2D eigenvalue weighted by Gasteiger charge is 2.29. The molecule has 0 radical (unpaired) electrons. The molecule has 0 bridgehead atoms. The first-order chi connectivity index (χ1) is 13.3. The molecule has 28 heavy (non-hydrogen) atoms. The van der Waals surface area contributed by atoms with Gasteiger partial charge in [-0.15, -0.1) is 0 Å². The summed E-state index contributed by atoms with van der Waals surface area (Å²) in [5.41, 5.74) is 0.316. The number of carbonyl (C=O) groups is 1. The van der Waals surface area contributed by atoms with Crippen molar-refractivity contribution in [1.29, 1.82) is 0 Å². The van der Waals surface area contributed by atoms with Crippen LogP contribution in [0.25, 0.3) is 0 Å². The summed E-state index contributed by atoms with van der Waals surface area (Å²) in [6.07, 6.45) is -3.45. The van der Waals surface area contributed by atoms with E-state index in [9.17, 15) is 18.0 Å². The van der Waals surface area contributed by atoms with E-state index in [1.807, 2.05) is 31.2 Å². The van der Waals surface area contributed by atoms with E-state index in [4.69, 9.17) is 9.47 Å². The highest BCUT2D eigenvalue weighted by Crippen LogP contribution is 2.30. The summed E-state index contributed by atoms with van der Waals surface area (Å²) >= 11 is 0. The van der Waals surface area contributed by atoms with Crippen molar-refractivity contribution < 1.29 is 32.2 Å². The molecular weight excluding hydrogens is 373 g/mol. The van der Waals surface area contributed by atoms with Gasteiger partial charge in [-0.25, -0.2) is 0 Å². The fourth-order valence-corrected chi connectivity index (χ4v) is 2.52. The zero-order valence-corrected chi connectivity index (χ0v) is 15.8. The van der Waals surface area contributed by atoms with Gasteiger partial charge in [0.15, 0.2) is 0 Å². The third kappa shape index (κ3) is 6.79. The molecule has 0 amide bonds. The predicted molar refractivity (Wildman–Crippen MR) is 98.5 cm³/mol. The Balaban J connectivity index is 1.70. The van der Waals surface area contributed by atoms with E-state index in [0.29, 0.717) is 37.6 Å². The van der Waals surface area contributed by atoms with E-state index in [-0.39, 0.29) is 11.9 Å². The van der Waals surface area contributed by atoms with E-state index in [1.54, 1.807) is 0 Å². The number of benzene rings is 2. The quantitative estimate of drug-likeness (QED) is 0.431. The standard InChI is InChI=1S/C21H23F3O4/c1-15(14-20(25)26-2)16-4-8-18(9-5-16)27-12-3-13-28-19-10-6-17(7-11-19)21(22,23)24/h4-11,15H,3,12-14H2,1-2H3. The third-order valence-corrected chi connectivity index (χ3v) is 4.16. The lowest BCUT2D eigenvalue weighted by Crippen LogP contribution is -2.07. The molecule has 1 atom stereocenters. The van der Waals surface area contributed by atoms with Crippen molar-refractivity contribution in [3.8, 4) is 11.5 Å². The lowest BCUT2D eigenvalue weighted by molar-refractivity contribution is -0.141. The van der Waals surface area contributed by atoms with E-state index in [1.165, 1.54) is 19.2 Å². The summed E-state index contributed by atoms with van der Waals surface area (Å²) in [4.78, 5) is 11.3. The molecule has 0 aliphatic rings. The van der Waals surface area contributed by atoms with Crippen LogP contribution < -0.4 is 9.47 Å². The number of carbonyl (C=O) groups excluding carboxylic acids is 1. The Morgan fingerprint density at radius 3 is 1.89 bits per heavy atom. The second-order valence-corrected chi connectivity index (χ2v) is 6.32. The smallest absolute Gasteiger partial charge is 0.416 e. The highest BCUT2D eigenvalue weighted by atomic mass is 19.4. The molecule has 0 saturated heterocycles. The van der Waals surface area contributed by atoms with E-state index in [2.05, 4.69) is 4.74 Å². The van der Waals surface area contributed by atoms with Crippen LogP contribution in [-0.4, -0.2) is 26.3 Å². The van der Waals surface area contributed by atoms with Crippen molar-refractivity contribution in [2.45, 2.75) is 31.9 Å². The van der Waals surface area contributed by atoms with Gasteiger partial charge >= 0.3 is 12.1 Å². The minimum atomic E-state index is -4.35. The first-order valence-corrected chi connectivity index (χ1v) is 8.89. The number of ether oxygens (including phenoxy) is 3. The number of alkyl halides is 3. The first-order valence-electron chi connectivity index (χ1n) is 8.89. The Hall–Kier alpha value is -2.70. The number of rotatable bonds is 9. The van der Waals surface area contributed by atoms with Crippen molar-refractivity contribution in [1.82, 2.24) is 0 Å². The summed E-state index contributed by atoms with van der Waals surface area (Å²) in [5.74, 6) is 0.889. The molecule has 0 heterocycles. The van der Waals surface area contributed by atoms with Gasteiger partial charge in [-0.1, -0.05) is 19.1 Å². The molecule has 0 fully saturated rings. The summed E-state index contributed by atoms with van der Waals surface area (Å²) in [6, 6.07) is 12.1. The second kappa shape index (κ2) is 10.0. The molecule has 0 aliphatic carbocycles. The monoisotopic (exact) mass is 396 g/mol. The highest BCUT2D eigenvalue weighted by molar-refractivity contribution is 5.70. The Bertz CT molecular complexity index is 740. The molecule has 0 aromatic heterocycles. The zero-order valence-electron chi connectivity index (χ0n) is 15.8. The Kier molecular flexibility index (Phi) is 7.72. The van der Waals surface area contributed by atoms with Gasteiger partial charge < -0.3 is 14.2 Å². The molecule has 2 aromatic rings. The number of hydrogen-bond donors (Lipinski definition) is 0. The van der Waals surface area contributed by atoms with Crippen molar-refractivity contribution in [2.24, 2.45) is 0 Å². The lowest BCUT2D eigenvalue weighted by Gasteiger charge is -2.12. The Labute approximate surface area is 162 Å². The average Bonchev–Trinajstić information content (AvgIpc) is 2.67. The molecule has 0 aliphatic heterocycles. The molecule has 152 valence electrons. The largest absolute Gasteiger partial charge is 0.493 e. The molecule has 4 nitrogen and oxygen atoms in total. The maximum Gasteiger partial charge on any atom is 0.416 e. The van der Waals surface area contributed by atoms with Gasteiger partial charge in [0.05, 0.1) is 32.3 Å². The van der Waals surface area contributed by atoms with Crippen molar-refractivity contribution in [2.75, 3.05) is 20.3 Å². The van der Waals surface area contributed by atoms with Crippen molar-refractivity contribution >= 4 is 5.97 Å². The minimum Gasteiger partial charge on any atom is -0.493 e. The topological polar surface area (TPSA) is 44.8 Å². The summed E-state index contributed by atoms with van der Waals surface area (Å²) in [5, 5.41) is 0. The van der Waals surface area contributed by atoms with E-state index in [0.717, 1.165) is 17.7 Å². The molecule has 2 aromatic carbocycles. The van der Waals surface area contributed by atoms with Crippen LogP contribution in [0, 0.1) is 0 Å². The molecule has 0 spiro atoms. The average molecular weight is 396 g/mol. The molecule has 2 rings (SSSR count). The summed E-state index contributed by atoms with van der Waals surface area (Å²) in [6.45, 7) is 2.70. The van der Waals surface area contributed by atoms with Crippen LogP contribution in [-0.2, 0) is 15.7 Å². The second-order valence-electron chi connectivity index (χ2n) is 6.32. The maximum atomic E-state index is 12.5. The number of esters is 1. The van der Waals surface area contributed by atoms with Crippen LogP contribution in [0.5, 0.6) is 11.5 Å². The van der Waals surface area contributed by atoms with Crippen LogP contribution >= 0.6 is 0 Å². The molecule has 0 N–H and O–H groups in total. The van der Waals surface area contributed by atoms with E-state index < -0.39 is 11.7 Å². The molecule has 1 unspecified atom stereocenters. The third-order valence-electron chi connectivity index (χ3n) is 4.16. The zero-order chi connectivity index (χ0) is 20.6. The molecule has 0 saturated carbocycles. The minimum absolute atomic E-state index is 0.0543. The fourth-order valence-electron chi connectivity index (χ4n) is 2.52. The predicted octanol–water partition coefficient (Wildman–Crippen LogP) is 5.22. The Morgan fingerprint density at radius 2 is 1.43 bits per heavy atom. The van der Waals surface area contributed by atoms with Crippen LogP contribution in [0.15, 0.2) is 48.5 Å².